The number of ether oxygens (including phenoxy) is 1. The second kappa shape index (κ2) is 9.52. The van der Waals surface area contributed by atoms with E-state index in [9.17, 15) is 4.79 Å². The maximum absolute atomic E-state index is 10.2. The Morgan fingerprint density at radius 2 is 2.27 bits per heavy atom. The highest BCUT2D eigenvalue weighted by Crippen LogP contribution is 2.30. The first kappa shape index (κ1) is 20.2. The van der Waals surface area contributed by atoms with E-state index in [0.29, 0.717) is 23.2 Å². The lowest BCUT2D eigenvalue weighted by molar-refractivity contribution is -0.108. The van der Waals surface area contributed by atoms with Crippen LogP contribution in [0.25, 0.3) is 0 Å². The third kappa shape index (κ3) is 5.42. The van der Waals surface area contributed by atoms with Crippen LogP contribution in [-0.2, 0) is 11.2 Å². The number of aldehydes is 1. The SMILES string of the molecule is COc1ccc2c(c1)CCN(C)C2C.NC(C=O)/C=C1/N=CC(Cl)=CN1. The van der Waals surface area contributed by atoms with Crippen LogP contribution in [0.4, 0.5) is 0 Å². The smallest absolute Gasteiger partial charge is 0.140 e. The molecule has 2 atom stereocenters. The second-order valence-corrected chi connectivity index (χ2v) is 6.60. The first-order valence-electron chi connectivity index (χ1n) is 8.40. The van der Waals surface area contributed by atoms with Gasteiger partial charge >= 0.3 is 0 Å². The summed E-state index contributed by atoms with van der Waals surface area (Å²) in [5.41, 5.74) is 8.21. The Labute approximate surface area is 159 Å². The van der Waals surface area contributed by atoms with Crippen LogP contribution in [-0.4, -0.2) is 44.1 Å². The molecule has 3 N–H and O–H groups in total. The number of allylic oxidation sites excluding steroid dienone is 1. The van der Waals surface area contributed by atoms with Gasteiger partial charge in [0.1, 0.15) is 17.9 Å². The second-order valence-electron chi connectivity index (χ2n) is 6.17. The van der Waals surface area contributed by atoms with E-state index in [-0.39, 0.29) is 0 Å². The van der Waals surface area contributed by atoms with Crippen molar-refractivity contribution in [3.63, 3.8) is 0 Å². The number of hydrogen-bond donors (Lipinski definition) is 2. The summed E-state index contributed by atoms with van der Waals surface area (Å²) < 4.78 is 5.23. The molecule has 6 nitrogen and oxygen atoms in total. The Kier molecular flexibility index (Phi) is 7.38. The van der Waals surface area contributed by atoms with Crippen molar-refractivity contribution in [2.24, 2.45) is 10.7 Å². The molecule has 3 rings (SSSR count). The molecule has 7 heteroatoms. The summed E-state index contributed by atoms with van der Waals surface area (Å²) >= 11 is 5.57. The molecule has 0 spiro atoms. The number of nitrogens with two attached hydrogens (primary N) is 1. The number of methoxy groups -OCH3 is 1. The van der Waals surface area contributed by atoms with E-state index in [4.69, 9.17) is 22.1 Å². The summed E-state index contributed by atoms with van der Waals surface area (Å²) in [4.78, 5) is 16.4. The molecule has 0 saturated carbocycles. The van der Waals surface area contributed by atoms with Gasteiger partial charge in [-0.2, -0.15) is 0 Å². The molecule has 1 aromatic carbocycles. The lowest BCUT2D eigenvalue weighted by Crippen LogP contribution is -2.30. The number of rotatable bonds is 3. The average Bonchev–Trinajstić information content (AvgIpc) is 2.66. The molecule has 0 aromatic heterocycles. The van der Waals surface area contributed by atoms with Crippen LogP contribution in [0.5, 0.6) is 5.75 Å². The van der Waals surface area contributed by atoms with Gasteiger partial charge in [-0.15, -0.1) is 0 Å². The van der Waals surface area contributed by atoms with E-state index in [0.717, 1.165) is 18.7 Å². The van der Waals surface area contributed by atoms with E-state index in [1.165, 1.54) is 23.4 Å². The number of carbonyl (C=O) groups excluding carboxylic acids is 1. The van der Waals surface area contributed by atoms with Gasteiger partial charge in [-0.3, -0.25) is 4.90 Å². The number of halogens is 1. The molecule has 0 saturated heterocycles. The number of likely N-dealkylation sites (N-methyl/N-ethyl adjacent to an activating group) is 1. The fourth-order valence-corrected chi connectivity index (χ4v) is 2.83. The number of fused-ring (bicyclic) bond motifs is 1. The third-order valence-electron chi connectivity index (χ3n) is 4.39. The van der Waals surface area contributed by atoms with Crippen molar-refractivity contribution in [2.75, 3.05) is 20.7 Å². The van der Waals surface area contributed by atoms with E-state index >= 15 is 0 Å². The number of hydrogen-bond acceptors (Lipinski definition) is 6. The predicted octanol–water partition coefficient (Wildman–Crippen LogP) is 2.35. The molecule has 0 amide bonds. The molecule has 2 aliphatic rings. The topological polar surface area (TPSA) is 80.0 Å². The zero-order valence-corrected chi connectivity index (χ0v) is 16.0. The van der Waals surface area contributed by atoms with Crippen molar-refractivity contribution >= 4 is 24.1 Å². The maximum Gasteiger partial charge on any atom is 0.140 e. The zero-order chi connectivity index (χ0) is 19.1. The van der Waals surface area contributed by atoms with Crippen molar-refractivity contribution in [1.29, 1.82) is 0 Å². The lowest BCUT2D eigenvalue weighted by atomic mass is 9.94. The minimum atomic E-state index is -0.630. The highest BCUT2D eigenvalue weighted by atomic mass is 35.5. The first-order valence-corrected chi connectivity index (χ1v) is 8.78. The normalized spacial score (nSPS) is 21.7. The minimum absolute atomic E-state index is 0.506. The molecule has 2 heterocycles. The molecular weight excluding hydrogens is 352 g/mol. The summed E-state index contributed by atoms with van der Waals surface area (Å²) in [5, 5.41) is 3.27. The van der Waals surface area contributed by atoms with Crippen molar-refractivity contribution < 1.29 is 9.53 Å². The molecule has 0 bridgehead atoms. The Bertz CT molecular complexity index is 730. The van der Waals surface area contributed by atoms with Gasteiger partial charge in [-0.1, -0.05) is 17.7 Å². The molecule has 140 valence electrons. The van der Waals surface area contributed by atoms with Crippen LogP contribution in [0, 0.1) is 0 Å². The van der Waals surface area contributed by atoms with Crippen LogP contribution in [0.3, 0.4) is 0 Å². The van der Waals surface area contributed by atoms with Gasteiger partial charge in [0.25, 0.3) is 0 Å². The number of benzene rings is 1. The van der Waals surface area contributed by atoms with Gasteiger partial charge in [-0.25, -0.2) is 4.99 Å². The van der Waals surface area contributed by atoms with Crippen LogP contribution in [0.2, 0.25) is 0 Å². The van der Waals surface area contributed by atoms with E-state index in [1.54, 1.807) is 13.3 Å². The monoisotopic (exact) mass is 376 g/mol. The molecule has 2 unspecified atom stereocenters. The number of aliphatic imine (C=N–C) groups is 1. The van der Waals surface area contributed by atoms with Crippen LogP contribution in [0.1, 0.15) is 24.1 Å². The molecule has 0 radical (unpaired) electrons. The van der Waals surface area contributed by atoms with Crippen LogP contribution >= 0.6 is 11.6 Å². The summed E-state index contributed by atoms with van der Waals surface area (Å²) in [5.74, 6) is 1.50. The van der Waals surface area contributed by atoms with Crippen molar-refractivity contribution in [3.8, 4) is 5.75 Å². The minimum Gasteiger partial charge on any atom is -0.497 e. The summed E-state index contributed by atoms with van der Waals surface area (Å²) in [7, 11) is 3.90. The fourth-order valence-electron chi connectivity index (χ4n) is 2.72. The largest absolute Gasteiger partial charge is 0.497 e. The van der Waals surface area contributed by atoms with Gasteiger partial charge in [0, 0.05) is 25.0 Å². The molecule has 1 aromatic rings. The van der Waals surface area contributed by atoms with Gasteiger partial charge in [0.15, 0.2) is 0 Å². The lowest BCUT2D eigenvalue weighted by Gasteiger charge is -2.32. The fraction of sp³-hybridized carbons (Fsp3) is 0.368. The highest BCUT2D eigenvalue weighted by molar-refractivity contribution is 6.39. The number of nitrogens with one attached hydrogen (secondary N) is 1. The Morgan fingerprint density at radius 3 is 2.88 bits per heavy atom. The summed E-state index contributed by atoms with van der Waals surface area (Å²) in [6.07, 6.45) is 6.31. The third-order valence-corrected chi connectivity index (χ3v) is 4.59. The van der Waals surface area contributed by atoms with E-state index in [1.807, 2.05) is 0 Å². The number of carbonyl (C=O) groups is 1. The molecular formula is C19H25ClN4O2. The van der Waals surface area contributed by atoms with Gasteiger partial charge in [0.05, 0.1) is 18.2 Å². The van der Waals surface area contributed by atoms with Crippen molar-refractivity contribution in [2.45, 2.75) is 25.4 Å². The Balaban J connectivity index is 0.000000190. The quantitative estimate of drug-likeness (QED) is 0.791. The number of nitrogens with zero attached hydrogens (tertiary/aromatic N) is 2. The van der Waals surface area contributed by atoms with Gasteiger partial charge in [0.2, 0.25) is 0 Å². The van der Waals surface area contributed by atoms with Crippen molar-refractivity contribution in [3.05, 3.63) is 52.5 Å². The molecule has 26 heavy (non-hydrogen) atoms. The summed E-state index contributed by atoms with van der Waals surface area (Å²) in [6, 6.07) is 6.31. The highest BCUT2D eigenvalue weighted by Gasteiger charge is 2.20. The Hall–Kier alpha value is -2.15. The van der Waals surface area contributed by atoms with Crippen LogP contribution in [0.15, 0.2) is 46.3 Å². The van der Waals surface area contributed by atoms with Crippen molar-refractivity contribution in [1.82, 2.24) is 10.2 Å². The van der Waals surface area contributed by atoms with Gasteiger partial charge in [-0.05, 0) is 49.7 Å². The Morgan fingerprint density at radius 1 is 1.50 bits per heavy atom. The molecule has 0 aliphatic carbocycles. The maximum atomic E-state index is 10.2. The van der Waals surface area contributed by atoms with E-state index in [2.05, 4.69) is 47.4 Å². The molecule has 0 fully saturated rings. The zero-order valence-electron chi connectivity index (χ0n) is 15.3. The standard InChI is InChI=1S/C12H17NO.C7H8ClN3O/c1-9-12-5-4-11(14-3)8-10(12)6-7-13(9)2;8-5-2-10-7(11-3-5)1-6(9)4-12/h4-5,8-9H,6-7H2,1-3H3;1-4,6,10H,9H2/b;7-1+. The average molecular weight is 377 g/mol. The first-order chi connectivity index (χ1) is 12.4. The summed E-state index contributed by atoms with van der Waals surface area (Å²) in [6.45, 7) is 3.39. The van der Waals surface area contributed by atoms with Crippen LogP contribution < -0.4 is 15.8 Å². The van der Waals surface area contributed by atoms with E-state index < -0.39 is 6.04 Å². The van der Waals surface area contributed by atoms with Gasteiger partial charge < -0.3 is 20.6 Å². The predicted molar refractivity (Wildman–Crippen MR) is 105 cm³/mol. The molecule has 2 aliphatic heterocycles.